The second-order valence-corrected chi connectivity index (χ2v) is 8.09. The topological polar surface area (TPSA) is 65.5 Å². The van der Waals surface area contributed by atoms with Gasteiger partial charge in [-0.3, -0.25) is 9.88 Å². The lowest BCUT2D eigenvalue weighted by molar-refractivity contribution is 0.262. The molecule has 0 aliphatic carbocycles. The molecular weight excluding hydrogens is 360 g/mol. The molecule has 1 aromatic heterocycles. The molecule has 6 nitrogen and oxygen atoms in total. The molecule has 1 fully saturated rings. The smallest absolute Gasteiger partial charge is 0.242 e. The van der Waals surface area contributed by atoms with Gasteiger partial charge in [0.15, 0.2) is 0 Å². The fraction of sp³-hybridized carbons (Fsp3) is 0.353. The van der Waals surface area contributed by atoms with Crippen molar-refractivity contribution in [2.75, 3.05) is 44.2 Å². The first-order valence-electron chi connectivity index (χ1n) is 8.17. The third-order valence-corrected chi connectivity index (χ3v) is 5.93. The van der Waals surface area contributed by atoms with Crippen LogP contribution in [0.1, 0.15) is 0 Å². The van der Waals surface area contributed by atoms with Crippen LogP contribution in [0.25, 0.3) is 0 Å². The predicted octanol–water partition coefficient (Wildman–Crippen LogP) is 1.84. The minimum atomic E-state index is -3.48. The number of hydrogen-bond donors (Lipinski definition) is 1. The van der Waals surface area contributed by atoms with Crippen molar-refractivity contribution in [1.29, 1.82) is 0 Å². The Morgan fingerprint density at radius 3 is 2.44 bits per heavy atom. The molecule has 0 atom stereocenters. The first-order chi connectivity index (χ1) is 12.0. The number of aromatic nitrogens is 1. The molecular formula is C17H21ClN4O2S. The molecule has 2 aromatic rings. The number of benzene rings is 1. The average molecular weight is 381 g/mol. The number of nitrogens with one attached hydrogen (secondary N) is 1. The van der Waals surface area contributed by atoms with Gasteiger partial charge in [-0.15, -0.1) is 0 Å². The maximum absolute atomic E-state index is 12.1. The Morgan fingerprint density at radius 2 is 1.80 bits per heavy atom. The molecule has 1 saturated heterocycles. The van der Waals surface area contributed by atoms with Crippen LogP contribution < -0.4 is 9.62 Å². The number of rotatable bonds is 6. The molecule has 0 amide bonds. The molecule has 25 heavy (non-hydrogen) atoms. The molecule has 0 unspecified atom stereocenters. The van der Waals surface area contributed by atoms with Gasteiger partial charge in [-0.1, -0.05) is 11.6 Å². The van der Waals surface area contributed by atoms with Crippen molar-refractivity contribution in [2.45, 2.75) is 4.90 Å². The fourth-order valence-electron chi connectivity index (χ4n) is 2.81. The van der Waals surface area contributed by atoms with Crippen LogP contribution in [0.2, 0.25) is 5.02 Å². The van der Waals surface area contributed by atoms with Gasteiger partial charge < -0.3 is 4.90 Å². The number of nitrogens with zero attached hydrogens (tertiary/aromatic N) is 3. The van der Waals surface area contributed by atoms with Crippen LogP contribution in [0.3, 0.4) is 0 Å². The summed E-state index contributed by atoms with van der Waals surface area (Å²) < 4.78 is 26.9. The lowest BCUT2D eigenvalue weighted by Crippen LogP contribution is -2.48. The van der Waals surface area contributed by atoms with Crippen LogP contribution in [0.5, 0.6) is 0 Å². The summed E-state index contributed by atoms with van der Waals surface area (Å²) in [5.41, 5.74) is 1.17. The summed E-state index contributed by atoms with van der Waals surface area (Å²) in [5.74, 6) is 0. The third kappa shape index (κ3) is 4.92. The van der Waals surface area contributed by atoms with E-state index in [9.17, 15) is 8.42 Å². The van der Waals surface area contributed by atoms with Gasteiger partial charge in [0, 0.05) is 62.4 Å². The van der Waals surface area contributed by atoms with Gasteiger partial charge in [0.2, 0.25) is 10.0 Å². The molecule has 0 bridgehead atoms. The van der Waals surface area contributed by atoms with Gasteiger partial charge in [0.25, 0.3) is 0 Å². The van der Waals surface area contributed by atoms with E-state index in [2.05, 4.69) is 19.5 Å². The summed E-state index contributed by atoms with van der Waals surface area (Å²) in [6.07, 6.45) is 2.91. The van der Waals surface area contributed by atoms with Crippen LogP contribution >= 0.6 is 11.6 Å². The van der Waals surface area contributed by atoms with E-state index in [0.29, 0.717) is 13.1 Å². The summed E-state index contributed by atoms with van der Waals surface area (Å²) in [4.78, 5) is 8.62. The Labute approximate surface area is 153 Å². The van der Waals surface area contributed by atoms with Gasteiger partial charge in [0.1, 0.15) is 4.90 Å². The van der Waals surface area contributed by atoms with E-state index in [1.807, 2.05) is 24.3 Å². The number of piperazine rings is 1. The molecule has 8 heteroatoms. The SMILES string of the molecule is O=S(=O)(NCCN1CCN(c2ccc(Cl)cc2)CC1)c1cccnc1. The van der Waals surface area contributed by atoms with E-state index in [1.165, 1.54) is 11.9 Å². The summed E-state index contributed by atoms with van der Waals surface area (Å²) in [6.45, 7) is 4.70. The first-order valence-corrected chi connectivity index (χ1v) is 10.0. The maximum atomic E-state index is 12.1. The van der Waals surface area contributed by atoms with Crippen molar-refractivity contribution in [2.24, 2.45) is 0 Å². The van der Waals surface area contributed by atoms with Gasteiger partial charge in [-0.2, -0.15) is 0 Å². The van der Waals surface area contributed by atoms with Crippen LogP contribution in [-0.2, 0) is 10.0 Å². The average Bonchev–Trinajstić information content (AvgIpc) is 2.64. The molecule has 134 valence electrons. The zero-order chi connectivity index (χ0) is 17.7. The van der Waals surface area contributed by atoms with Crippen LogP contribution in [-0.4, -0.2) is 57.6 Å². The molecule has 1 aliphatic heterocycles. The van der Waals surface area contributed by atoms with Crippen molar-refractivity contribution < 1.29 is 8.42 Å². The summed E-state index contributed by atoms with van der Waals surface area (Å²) >= 11 is 5.93. The second kappa shape index (κ2) is 8.14. The molecule has 1 aromatic carbocycles. The lowest BCUT2D eigenvalue weighted by Gasteiger charge is -2.36. The van der Waals surface area contributed by atoms with Gasteiger partial charge in [0.05, 0.1) is 0 Å². The van der Waals surface area contributed by atoms with E-state index < -0.39 is 10.0 Å². The standard InChI is InChI=1S/C17H21ClN4O2S/c18-15-3-5-16(6-4-15)22-12-10-21(11-13-22)9-8-20-25(23,24)17-2-1-7-19-14-17/h1-7,14,20H,8-13H2. The normalized spacial score (nSPS) is 16.1. The van der Waals surface area contributed by atoms with E-state index in [-0.39, 0.29) is 4.90 Å². The number of sulfonamides is 1. The largest absolute Gasteiger partial charge is 0.369 e. The highest BCUT2D eigenvalue weighted by atomic mass is 35.5. The minimum Gasteiger partial charge on any atom is -0.369 e. The Hall–Kier alpha value is -1.67. The van der Waals surface area contributed by atoms with Crippen molar-refractivity contribution in [1.82, 2.24) is 14.6 Å². The molecule has 3 rings (SSSR count). The minimum absolute atomic E-state index is 0.197. The van der Waals surface area contributed by atoms with E-state index in [0.717, 1.165) is 31.2 Å². The number of hydrogen-bond acceptors (Lipinski definition) is 5. The molecule has 0 spiro atoms. The highest BCUT2D eigenvalue weighted by Crippen LogP contribution is 2.19. The van der Waals surface area contributed by atoms with Crippen LogP contribution in [0.4, 0.5) is 5.69 Å². The predicted molar refractivity (Wildman–Crippen MR) is 99.5 cm³/mol. The van der Waals surface area contributed by atoms with E-state index >= 15 is 0 Å². The summed E-state index contributed by atoms with van der Waals surface area (Å²) in [6, 6.07) is 11.0. The van der Waals surface area contributed by atoms with Crippen molar-refractivity contribution >= 4 is 27.3 Å². The Morgan fingerprint density at radius 1 is 1.08 bits per heavy atom. The van der Waals surface area contributed by atoms with Crippen molar-refractivity contribution in [3.8, 4) is 0 Å². The lowest BCUT2D eigenvalue weighted by atomic mass is 10.2. The molecule has 2 heterocycles. The van der Waals surface area contributed by atoms with Gasteiger partial charge in [-0.05, 0) is 36.4 Å². The fourth-order valence-corrected chi connectivity index (χ4v) is 3.92. The number of pyridine rings is 1. The van der Waals surface area contributed by atoms with E-state index in [1.54, 1.807) is 18.3 Å². The molecule has 0 radical (unpaired) electrons. The highest BCUT2D eigenvalue weighted by molar-refractivity contribution is 7.89. The maximum Gasteiger partial charge on any atom is 0.242 e. The van der Waals surface area contributed by atoms with E-state index in [4.69, 9.17) is 11.6 Å². The Bertz CT molecular complexity index is 776. The number of anilines is 1. The molecule has 1 aliphatic rings. The third-order valence-electron chi connectivity index (χ3n) is 4.23. The zero-order valence-electron chi connectivity index (χ0n) is 13.8. The van der Waals surface area contributed by atoms with Crippen LogP contribution in [0.15, 0.2) is 53.7 Å². The quantitative estimate of drug-likeness (QED) is 0.828. The Kier molecular flexibility index (Phi) is 5.90. The first kappa shape index (κ1) is 18.1. The van der Waals surface area contributed by atoms with Crippen LogP contribution in [0, 0.1) is 0 Å². The monoisotopic (exact) mass is 380 g/mol. The number of halogens is 1. The van der Waals surface area contributed by atoms with Gasteiger partial charge >= 0.3 is 0 Å². The molecule has 0 saturated carbocycles. The zero-order valence-corrected chi connectivity index (χ0v) is 15.4. The summed E-state index contributed by atoms with van der Waals surface area (Å²) in [7, 11) is -3.48. The highest BCUT2D eigenvalue weighted by Gasteiger charge is 2.18. The van der Waals surface area contributed by atoms with Gasteiger partial charge in [-0.25, -0.2) is 13.1 Å². The van der Waals surface area contributed by atoms with Crippen molar-refractivity contribution in [3.05, 3.63) is 53.8 Å². The van der Waals surface area contributed by atoms with Crippen molar-refractivity contribution in [3.63, 3.8) is 0 Å². The Balaban J connectivity index is 1.44. The second-order valence-electron chi connectivity index (χ2n) is 5.89. The summed E-state index contributed by atoms with van der Waals surface area (Å²) in [5, 5.41) is 0.739. The molecule has 1 N–H and O–H groups in total.